The molecule has 0 radical (unpaired) electrons. The standard InChI is InChI=1S/C17H24N6O/c1-14-11-15(23-13-19-12-21-23)3-4-16(14)17(24)20-5-2-8-22-9-6-18-7-10-22/h3-4,11-13,18H,2,5-10H2,1H3,(H,20,24). The molecule has 1 fully saturated rings. The largest absolute Gasteiger partial charge is 0.352 e. The number of benzene rings is 1. The van der Waals surface area contributed by atoms with Crippen LogP contribution >= 0.6 is 0 Å². The van der Waals surface area contributed by atoms with Gasteiger partial charge in [0.05, 0.1) is 5.69 Å². The number of piperazine rings is 1. The zero-order chi connectivity index (χ0) is 16.8. The number of aromatic nitrogens is 3. The first kappa shape index (κ1) is 16.6. The maximum Gasteiger partial charge on any atom is 0.251 e. The lowest BCUT2D eigenvalue weighted by atomic mass is 10.1. The third-order valence-electron chi connectivity index (χ3n) is 4.28. The van der Waals surface area contributed by atoms with Gasteiger partial charge in [0.25, 0.3) is 5.91 Å². The van der Waals surface area contributed by atoms with E-state index in [0.717, 1.165) is 50.4 Å². The smallest absolute Gasteiger partial charge is 0.251 e. The molecule has 0 unspecified atom stereocenters. The van der Waals surface area contributed by atoms with Gasteiger partial charge in [-0.25, -0.2) is 9.67 Å². The number of carbonyl (C=O) groups excluding carboxylic acids is 1. The molecule has 1 saturated heterocycles. The molecule has 0 spiro atoms. The van der Waals surface area contributed by atoms with Gasteiger partial charge in [0, 0.05) is 38.3 Å². The molecular weight excluding hydrogens is 304 g/mol. The summed E-state index contributed by atoms with van der Waals surface area (Å²) in [5.74, 6) is -0.0158. The predicted molar refractivity (Wildman–Crippen MR) is 92.4 cm³/mol. The second-order valence-electron chi connectivity index (χ2n) is 6.04. The average Bonchev–Trinajstić information content (AvgIpc) is 3.14. The molecule has 2 aromatic rings. The van der Waals surface area contributed by atoms with Crippen LogP contribution in [-0.4, -0.2) is 64.8 Å². The number of nitrogens with zero attached hydrogens (tertiary/aromatic N) is 4. The number of hydrogen-bond donors (Lipinski definition) is 2. The summed E-state index contributed by atoms with van der Waals surface area (Å²) in [5, 5.41) is 10.5. The molecule has 128 valence electrons. The summed E-state index contributed by atoms with van der Waals surface area (Å²) in [6.07, 6.45) is 4.11. The Hall–Kier alpha value is -2.25. The Balaban J connectivity index is 1.49. The van der Waals surface area contributed by atoms with Gasteiger partial charge in [-0.2, -0.15) is 5.10 Å². The quantitative estimate of drug-likeness (QED) is 0.760. The average molecular weight is 328 g/mol. The van der Waals surface area contributed by atoms with Crippen LogP contribution in [0.3, 0.4) is 0 Å². The second-order valence-corrected chi connectivity index (χ2v) is 6.04. The molecule has 7 nitrogen and oxygen atoms in total. The van der Waals surface area contributed by atoms with Crippen molar-refractivity contribution in [2.24, 2.45) is 0 Å². The van der Waals surface area contributed by atoms with E-state index in [0.29, 0.717) is 12.1 Å². The number of rotatable bonds is 6. The summed E-state index contributed by atoms with van der Waals surface area (Å²) in [6.45, 7) is 7.98. The maximum absolute atomic E-state index is 12.3. The molecule has 7 heteroatoms. The lowest BCUT2D eigenvalue weighted by molar-refractivity contribution is 0.0950. The van der Waals surface area contributed by atoms with E-state index in [4.69, 9.17) is 0 Å². The fourth-order valence-corrected chi connectivity index (χ4v) is 2.92. The number of carbonyl (C=O) groups is 1. The van der Waals surface area contributed by atoms with Crippen molar-refractivity contribution in [3.05, 3.63) is 42.0 Å². The summed E-state index contributed by atoms with van der Waals surface area (Å²) in [7, 11) is 0. The van der Waals surface area contributed by atoms with Crippen LogP contribution in [0.2, 0.25) is 0 Å². The fraction of sp³-hybridized carbons (Fsp3) is 0.471. The van der Waals surface area contributed by atoms with Gasteiger partial charge in [0.2, 0.25) is 0 Å². The third-order valence-corrected chi connectivity index (χ3v) is 4.28. The van der Waals surface area contributed by atoms with Crippen molar-refractivity contribution < 1.29 is 4.79 Å². The van der Waals surface area contributed by atoms with Gasteiger partial charge in [-0.3, -0.25) is 4.79 Å². The minimum atomic E-state index is -0.0158. The van der Waals surface area contributed by atoms with E-state index in [9.17, 15) is 4.79 Å². The molecule has 0 bridgehead atoms. The number of aryl methyl sites for hydroxylation is 1. The minimum absolute atomic E-state index is 0.0158. The predicted octanol–water partition coefficient (Wildman–Crippen LogP) is 0.601. The monoisotopic (exact) mass is 328 g/mol. The van der Waals surface area contributed by atoms with E-state index < -0.39 is 0 Å². The fourth-order valence-electron chi connectivity index (χ4n) is 2.92. The summed E-state index contributed by atoms with van der Waals surface area (Å²) in [4.78, 5) is 18.7. The van der Waals surface area contributed by atoms with Gasteiger partial charge in [-0.15, -0.1) is 0 Å². The molecule has 1 aromatic heterocycles. The normalized spacial score (nSPS) is 15.4. The Labute approximate surface area is 142 Å². The van der Waals surface area contributed by atoms with Crippen molar-refractivity contribution in [1.82, 2.24) is 30.3 Å². The molecule has 24 heavy (non-hydrogen) atoms. The Kier molecular flexibility index (Phi) is 5.55. The first-order chi connectivity index (χ1) is 11.7. The van der Waals surface area contributed by atoms with Gasteiger partial charge < -0.3 is 15.5 Å². The highest BCUT2D eigenvalue weighted by molar-refractivity contribution is 5.95. The topological polar surface area (TPSA) is 75.1 Å². The zero-order valence-corrected chi connectivity index (χ0v) is 14.0. The molecule has 2 N–H and O–H groups in total. The van der Waals surface area contributed by atoms with E-state index in [-0.39, 0.29) is 5.91 Å². The van der Waals surface area contributed by atoms with Crippen LogP contribution in [0.4, 0.5) is 0 Å². The summed E-state index contributed by atoms with van der Waals surface area (Å²) in [5.41, 5.74) is 2.55. The second kappa shape index (κ2) is 8.03. The summed E-state index contributed by atoms with van der Waals surface area (Å²) >= 11 is 0. The molecule has 1 amide bonds. The zero-order valence-electron chi connectivity index (χ0n) is 14.0. The molecule has 1 aliphatic rings. The van der Waals surface area contributed by atoms with Crippen molar-refractivity contribution in [3.8, 4) is 5.69 Å². The van der Waals surface area contributed by atoms with Crippen LogP contribution in [0.1, 0.15) is 22.3 Å². The third kappa shape index (κ3) is 4.18. The number of amides is 1. The molecule has 0 aliphatic carbocycles. The Bertz CT molecular complexity index is 664. The van der Waals surface area contributed by atoms with Crippen LogP contribution in [0, 0.1) is 6.92 Å². The number of hydrogen-bond acceptors (Lipinski definition) is 5. The van der Waals surface area contributed by atoms with Crippen molar-refractivity contribution in [3.63, 3.8) is 0 Å². The van der Waals surface area contributed by atoms with Crippen LogP contribution in [0.25, 0.3) is 5.69 Å². The highest BCUT2D eigenvalue weighted by atomic mass is 16.1. The highest BCUT2D eigenvalue weighted by Crippen LogP contribution is 2.13. The van der Waals surface area contributed by atoms with Gasteiger partial charge in [0.1, 0.15) is 12.7 Å². The van der Waals surface area contributed by atoms with E-state index >= 15 is 0 Å². The lowest BCUT2D eigenvalue weighted by Gasteiger charge is -2.27. The minimum Gasteiger partial charge on any atom is -0.352 e. The molecule has 3 rings (SSSR count). The van der Waals surface area contributed by atoms with Crippen molar-refractivity contribution >= 4 is 5.91 Å². The number of nitrogens with one attached hydrogen (secondary N) is 2. The van der Waals surface area contributed by atoms with Gasteiger partial charge in [-0.05, 0) is 43.7 Å². The first-order valence-electron chi connectivity index (χ1n) is 8.41. The molecule has 0 atom stereocenters. The maximum atomic E-state index is 12.3. The van der Waals surface area contributed by atoms with Crippen LogP contribution < -0.4 is 10.6 Å². The highest BCUT2D eigenvalue weighted by Gasteiger charge is 2.11. The SMILES string of the molecule is Cc1cc(-n2cncn2)ccc1C(=O)NCCCN1CCNCC1. The lowest BCUT2D eigenvalue weighted by Crippen LogP contribution is -2.44. The van der Waals surface area contributed by atoms with Crippen molar-refractivity contribution in [1.29, 1.82) is 0 Å². The van der Waals surface area contributed by atoms with Crippen molar-refractivity contribution in [2.75, 3.05) is 39.3 Å². The van der Waals surface area contributed by atoms with Gasteiger partial charge in [-0.1, -0.05) is 0 Å². The van der Waals surface area contributed by atoms with Crippen LogP contribution in [0.5, 0.6) is 0 Å². The Morgan fingerprint density at radius 2 is 2.17 bits per heavy atom. The van der Waals surface area contributed by atoms with Crippen LogP contribution in [0.15, 0.2) is 30.9 Å². The van der Waals surface area contributed by atoms with E-state index in [1.165, 1.54) is 6.33 Å². The van der Waals surface area contributed by atoms with Gasteiger partial charge >= 0.3 is 0 Å². The molecular formula is C17H24N6O. The van der Waals surface area contributed by atoms with E-state index in [1.54, 1.807) is 11.0 Å². The first-order valence-corrected chi connectivity index (χ1v) is 8.41. The molecule has 0 saturated carbocycles. The molecule has 1 aromatic carbocycles. The summed E-state index contributed by atoms with van der Waals surface area (Å²) < 4.78 is 1.68. The van der Waals surface area contributed by atoms with E-state index in [1.807, 2.05) is 25.1 Å². The van der Waals surface area contributed by atoms with Gasteiger partial charge in [0.15, 0.2) is 0 Å². The Morgan fingerprint density at radius 3 is 2.88 bits per heavy atom. The molecule has 1 aliphatic heterocycles. The van der Waals surface area contributed by atoms with Crippen LogP contribution in [-0.2, 0) is 0 Å². The molecule has 2 heterocycles. The van der Waals surface area contributed by atoms with Crippen molar-refractivity contribution in [2.45, 2.75) is 13.3 Å². The summed E-state index contributed by atoms with van der Waals surface area (Å²) in [6, 6.07) is 5.68. The van der Waals surface area contributed by atoms with E-state index in [2.05, 4.69) is 25.6 Å². The Morgan fingerprint density at radius 1 is 1.33 bits per heavy atom.